The number of aromatic nitrogens is 1. The standard InChI is InChI=1S/C10H8N2O2S/c13-8-5-3-1-2-4-6(5)11-10-7(8)9(14)12-15-10/h1-6,11H,(H,12,14). The second-order valence-corrected chi connectivity index (χ2v) is 4.38. The van der Waals surface area contributed by atoms with E-state index in [0.717, 1.165) is 0 Å². The van der Waals surface area contributed by atoms with E-state index in [1.807, 2.05) is 24.3 Å². The minimum Gasteiger partial charge on any atom is -0.368 e. The van der Waals surface area contributed by atoms with Gasteiger partial charge in [-0.25, -0.2) is 0 Å². The first kappa shape index (κ1) is 8.67. The Balaban J connectivity index is 2.17. The highest BCUT2D eigenvalue weighted by atomic mass is 32.1. The van der Waals surface area contributed by atoms with Crippen LogP contribution in [0, 0.1) is 5.92 Å². The van der Waals surface area contributed by atoms with Crippen molar-refractivity contribution in [2.45, 2.75) is 6.04 Å². The lowest BCUT2D eigenvalue weighted by molar-refractivity contribution is 0.0935. The van der Waals surface area contributed by atoms with E-state index in [4.69, 9.17) is 0 Å². The molecule has 2 N–H and O–H groups in total. The molecule has 1 aliphatic heterocycles. The molecule has 0 saturated heterocycles. The van der Waals surface area contributed by atoms with E-state index in [-0.39, 0.29) is 28.9 Å². The van der Waals surface area contributed by atoms with Crippen molar-refractivity contribution in [3.05, 3.63) is 40.2 Å². The Morgan fingerprint density at radius 2 is 2.00 bits per heavy atom. The molecule has 0 radical (unpaired) electrons. The van der Waals surface area contributed by atoms with Crippen LogP contribution < -0.4 is 10.9 Å². The predicted molar refractivity (Wildman–Crippen MR) is 58.5 cm³/mol. The van der Waals surface area contributed by atoms with Crippen LogP contribution in [0.4, 0.5) is 5.00 Å². The maximum Gasteiger partial charge on any atom is 0.271 e. The molecule has 0 spiro atoms. The summed E-state index contributed by atoms with van der Waals surface area (Å²) < 4.78 is 2.57. The fourth-order valence-corrected chi connectivity index (χ4v) is 2.73. The molecule has 1 aromatic heterocycles. The van der Waals surface area contributed by atoms with Crippen LogP contribution in [-0.4, -0.2) is 16.2 Å². The number of allylic oxidation sites excluding steroid dienone is 2. The molecule has 1 aliphatic carbocycles. The Bertz CT molecular complexity index is 538. The summed E-state index contributed by atoms with van der Waals surface area (Å²) in [6.07, 6.45) is 7.52. The third kappa shape index (κ3) is 1.13. The fraction of sp³-hybridized carbons (Fsp3) is 0.200. The third-order valence-corrected chi connectivity index (χ3v) is 3.50. The quantitative estimate of drug-likeness (QED) is 0.689. The molecule has 2 heterocycles. The van der Waals surface area contributed by atoms with Gasteiger partial charge in [0, 0.05) is 0 Å². The minimum atomic E-state index is -0.283. The number of anilines is 1. The summed E-state index contributed by atoms with van der Waals surface area (Å²) in [6.45, 7) is 0. The molecule has 3 rings (SSSR count). The Morgan fingerprint density at radius 1 is 1.20 bits per heavy atom. The molecule has 4 nitrogen and oxygen atoms in total. The van der Waals surface area contributed by atoms with Crippen molar-refractivity contribution in [1.82, 2.24) is 4.37 Å². The maximum absolute atomic E-state index is 12.0. The number of hydrogen-bond donors (Lipinski definition) is 2. The summed E-state index contributed by atoms with van der Waals surface area (Å²) in [4.78, 5) is 23.4. The number of H-pyrrole nitrogens is 1. The number of carbonyl (C=O) groups is 1. The Labute approximate surface area is 89.5 Å². The number of ketones is 1. The van der Waals surface area contributed by atoms with Crippen molar-refractivity contribution in [2.75, 3.05) is 5.32 Å². The molecule has 0 amide bonds. The van der Waals surface area contributed by atoms with Crippen LogP contribution in [0.25, 0.3) is 0 Å². The summed E-state index contributed by atoms with van der Waals surface area (Å²) in [7, 11) is 0. The summed E-state index contributed by atoms with van der Waals surface area (Å²) in [5.74, 6) is -0.324. The highest BCUT2D eigenvalue weighted by molar-refractivity contribution is 7.10. The zero-order valence-electron chi connectivity index (χ0n) is 7.69. The van der Waals surface area contributed by atoms with Crippen molar-refractivity contribution in [3.8, 4) is 0 Å². The van der Waals surface area contributed by atoms with Gasteiger partial charge in [0.15, 0.2) is 5.78 Å². The lowest BCUT2D eigenvalue weighted by atomic mass is 9.86. The molecule has 0 fully saturated rings. The van der Waals surface area contributed by atoms with E-state index >= 15 is 0 Å². The van der Waals surface area contributed by atoms with E-state index in [2.05, 4.69) is 9.69 Å². The summed E-state index contributed by atoms with van der Waals surface area (Å²) in [5, 5.41) is 3.84. The summed E-state index contributed by atoms with van der Waals surface area (Å²) in [5.41, 5.74) is -0.00453. The first-order chi connectivity index (χ1) is 7.27. The number of carbonyl (C=O) groups excluding carboxylic acids is 1. The first-order valence-corrected chi connectivity index (χ1v) is 5.46. The van der Waals surface area contributed by atoms with E-state index in [0.29, 0.717) is 5.00 Å². The molecule has 5 heteroatoms. The number of rotatable bonds is 0. The number of aromatic amines is 1. The average Bonchev–Trinajstić information content (AvgIpc) is 2.61. The number of fused-ring (bicyclic) bond motifs is 2. The Morgan fingerprint density at radius 3 is 2.87 bits per heavy atom. The molecule has 2 atom stereocenters. The van der Waals surface area contributed by atoms with Crippen molar-refractivity contribution >= 4 is 22.3 Å². The van der Waals surface area contributed by atoms with Gasteiger partial charge in [-0.15, -0.1) is 0 Å². The van der Waals surface area contributed by atoms with Gasteiger partial charge in [-0.05, 0) is 11.5 Å². The van der Waals surface area contributed by atoms with Crippen LogP contribution in [0.5, 0.6) is 0 Å². The lowest BCUT2D eigenvalue weighted by Crippen LogP contribution is -2.39. The number of nitrogens with one attached hydrogen (secondary N) is 2. The predicted octanol–water partition coefficient (Wildman–Crippen LogP) is 1.16. The van der Waals surface area contributed by atoms with Crippen LogP contribution in [0.15, 0.2) is 29.1 Å². The Hall–Kier alpha value is -1.62. The normalized spacial score (nSPS) is 27.1. The van der Waals surface area contributed by atoms with Crippen LogP contribution >= 0.6 is 11.5 Å². The van der Waals surface area contributed by atoms with E-state index in [1.165, 1.54) is 11.5 Å². The van der Waals surface area contributed by atoms with Crippen molar-refractivity contribution in [1.29, 1.82) is 0 Å². The van der Waals surface area contributed by atoms with Crippen molar-refractivity contribution < 1.29 is 4.79 Å². The molecule has 15 heavy (non-hydrogen) atoms. The van der Waals surface area contributed by atoms with Crippen LogP contribution in [-0.2, 0) is 0 Å². The van der Waals surface area contributed by atoms with Crippen LogP contribution in [0.3, 0.4) is 0 Å². The second kappa shape index (κ2) is 2.93. The monoisotopic (exact) mass is 220 g/mol. The largest absolute Gasteiger partial charge is 0.368 e. The zero-order valence-corrected chi connectivity index (χ0v) is 8.51. The van der Waals surface area contributed by atoms with Gasteiger partial charge < -0.3 is 5.32 Å². The van der Waals surface area contributed by atoms with Gasteiger partial charge in [0.25, 0.3) is 5.56 Å². The van der Waals surface area contributed by atoms with Gasteiger partial charge in [-0.2, -0.15) is 0 Å². The molecule has 0 bridgehead atoms. The SMILES string of the molecule is O=C1c2c(s[nH]c2=O)NC2C=CC=CC12. The molecule has 0 saturated carbocycles. The third-order valence-electron chi connectivity index (χ3n) is 2.68. The second-order valence-electron chi connectivity index (χ2n) is 3.57. The highest BCUT2D eigenvalue weighted by Gasteiger charge is 2.36. The molecular formula is C10H8N2O2S. The van der Waals surface area contributed by atoms with Gasteiger partial charge in [0.2, 0.25) is 0 Å². The first-order valence-electron chi connectivity index (χ1n) is 4.64. The maximum atomic E-state index is 12.0. The van der Waals surface area contributed by atoms with E-state index in [1.54, 1.807) is 0 Å². The Kier molecular flexibility index (Phi) is 1.70. The average molecular weight is 220 g/mol. The van der Waals surface area contributed by atoms with Gasteiger partial charge in [0.05, 0.1) is 12.0 Å². The number of Topliss-reactive ketones (excluding diaryl/α,β-unsaturated/α-hetero) is 1. The van der Waals surface area contributed by atoms with E-state index in [9.17, 15) is 9.59 Å². The molecule has 1 aromatic rings. The zero-order chi connectivity index (χ0) is 10.4. The molecule has 2 unspecified atom stereocenters. The fourth-order valence-electron chi connectivity index (χ4n) is 1.94. The van der Waals surface area contributed by atoms with Crippen molar-refractivity contribution in [3.63, 3.8) is 0 Å². The smallest absolute Gasteiger partial charge is 0.271 e. The van der Waals surface area contributed by atoms with Gasteiger partial charge in [0.1, 0.15) is 10.6 Å². The highest BCUT2D eigenvalue weighted by Crippen LogP contribution is 2.31. The van der Waals surface area contributed by atoms with Crippen LogP contribution in [0.2, 0.25) is 0 Å². The minimum absolute atomic E-state index is 0.0125. The van der Waals surface area contributed by atoms with Gasteiger partial charge in [-0.1, -0.05) is 24.3 Å². The lowest BCUT2D eigenvalue weighted by Gasteiger charge is -2.28. The van der Waals surface area contributed by atoms with Crippen molar-refractivity contribution in [2.24, 2.45) is 5.92 Å². The summed E-state index contributed by atoms with van der Waals surface area (Å²) >= 11 is 1.18. The van der Waals surface area contributed by atoms with Crippen LogP contribution in [0.1, 0.15) is 10.4 Å². The number of hydrogen-bond acceptors (Lipinski definition) is 4. The van der Waals surface area contributed by atoms with E-state index < -0.39 is 0 Å². The molecular weight excluding hydrogens is 212 g/mol. The molecule has 76 valence electrons. The molecule has 0 aromatic carbocycles. The summed E-state index contributed by atoms with van der Waals surface area (Å²) in [6, 6.07) is -0.0125. The van der Waals surface area contributed by atoms with Gasteiger partial charge >= 0.3 is 0 Å². The van der Waals surface area contributed by atoms with Gasteiger partial charge in [-0.3, -0.25) is 14.0 Å². The topological polar surface area (TPSA) is 62.0 Å². The molecule has 2 aliphatic rings.